The third-order valence-electron chi connectivity index (χ3n) is 11.0. The Kier molecular flexibility index (Phi) is 6.90. The van der Waals surface area contributed by atoms with Crippen LogP contribution in [0.2, 0.25) is 0 Å². The van der Waals surface area contributed by atoms with Gasteiger partial charge in [-0.25, -0.2) is 0 Å². The lowest BCUT2D eigenvalue weighted by atomic mass is 9.49. The number of allylic oxidation sites excluding steroid dienone is 5. The molecule has 180 valence electrons. The predicted octanol–water partition coefficient (Wildman–Crippen LogP) is 8.65. The molecule has 0 spiro atoms. The van der Waals surface area contributed by atoms with Gasteiger partial charge in [-0.15, -0.1) is 0 Å². The van der Waals surface area contributed by atoms with Crippen LogP contribution < -0.4 is 0 Å². The van der Waals surface area contributed by atoms with Crippen LogP contribution in [0.1, 0.15) is 113 Å². The van der Waals surface area contributed by atoms with Crippen molar-refractivity contribution in [3.8, 4) is 0 Å². The molecule has 1 heteroatoms. The summed E-state index contributed by atoms with van der Waals surface area (Å²) in [7, 11) is 0. The number of aliphatic hydroxyl groups is 1. The van der Waals surface area contributed by atoms with E-state index in [4.69, 9.17) is 0 Å². The predicted molar refractivity (Wildman–Crippen MR) is 137 cm³/mol. The van der Waals surface area contributed by atoms with Crippen molar-refractivity contribution in [3.63, 3.8) is 0 Å². The molecule has 0 aromatic heterocycles. The third kappa shape index (κ3) is 3.79. The lowest BCUT2D eigenvalue weighted by molar-refractivity contribution is 0.0547. The monoisotopic (exact) mass is 438 g/mol. The zero-order chi connectivity index (χ0) is 23.3. The van der Waals surface area contributed by atoms with Gasteiger partial charge in [-0.1, -0.05) is 63.5 Å². The molecule has 7 atom stereocenters. The molecule has 2 fully saturated rings. The normalized spacial score (nSPS) is 42.2. The third-order valence-corrected chi connectivity index (χ3v) is 11.0. The maximum absolute atomic E-state index is 10.7. The fraction of sp³-hybridized carbons (Fsp3) is 0.806. The van der Waals surface area contributed by atoms with Crippen molar-refractivity contribution in [2.24, 2.45) is 40.4 Å². The van der Waals surface area contributed by atoms with Crippen LogP contribution in [0.3, 0.4) is 0 Å². The Morgan fingerprint density at radius 1 is 1.00 bits per heavy atom. The number of fused-ring (bicyclic) bond motifs is 4. The Morgan fingerprint density at radius 2 is 1.75 bits per heavy atom. The highest BCUT2D eigenvalue weighted by atomic mass is 16.3. The number of aliphatic hydroxyl groups excluding tert-OH is 1. The van der Waals surface area contributed by atoms with E-state index in [9.17, 15) is 5.11 Å². The van der Waals surface area contributed by atoms with E-state index in [0.29, 0.717) is 22.7 Å². The molecule has 0 amide bonds. The Morgan fingerprint density at radius 3 is 2.41 bits per heavy atom. The molecule has 0 aromatic carbocycles. The lowest BCUT2D eigenvalue weighted by Gasteiger charge is -2.55. The number of rotatable bonds is 5. The van der Waals surface area contributed by atoms with E-state index in [0.717, 1.165) is 24.2 Å². The van der Waals surface area contributed by atoms with Crippen molar-refractivity contribution in [1.82, 2.24) is 0 Å². The lowest BCUT2D eigenvalue weighted by Crippen LogP contribution is -2.46. The minimum absolute atomic E-state index is 0.196. The van der Waals surface area contributed by atoms with Crippen molar-refractivity contribution in [3.05, 3.63) is 34.4 Å². The number of hydrogen-bond acceptors (Lipinski definition) is 1. The molecule has 4 aliphatic carbocycles. The van der Waals surface area contributed by atoms with Crippen LogP contribution in [0, 0.1) is 40.4 Å². The summed E-state index contributed by atoms with van der Waals surface area (Å²) in [6.45, 7) is 16.9. The Balaban J connectivity index is 1.56. The minimum atomic E-state index is -0.196. The average molecular weight is 439 g/mol. The van der Waals surface area contributed by atoms with Crippen molar-refractivity contribution < 1.29 is 5.11 Å². The Bertz CT molecular complexity index is 797. The SMILES string of the molecule is C/C=C(/CC[C@@H](C)[C@@H]1CC[C@H]2C3=C(CC[C@]21C)[C@@]1(C)CC[C@H](O)/C(=C/C)[C@H]1CC3)C(C)C. The molecule has 4 aliphatic rings. The molecule has 2 saturated carbocycles. The highest BCUT2D eigenvalue weighted by Gasteiger charge is 2.56. The first-order chi connectivity index (χ1) is 15.2. The first-order valence-corrected chi connectivity index (χ1v) is 13.9. The zero-order valence-corrected chi connectivity index (χ0v) is 22.1. The van der Waals surface area contributed by atoms with E-state index < -0.39 is 0 Å². The highest BCUT2D eigenvalue weighted by molar-refractivity contribution is 5.38. The summed E-state index contributed by atoms with van der Waals surface area (Å²) in [5, 5.41) is 10.7. The van der Waals surface area contributed by atoms with Crippen LogP contribution in [0.5, 0.6) is 0 Å². The second-order valence-corrected chi connectivity index (χ2v) is 12.6. The fourth-order valence-corrected chi connectivity index (χ4v) is 9.15. The first-order valence-electron chi connectivity index (χ1n) is 13.9. The zero-order valence-electron chi connectivity index (χ0n) is 22.1. The van der Waals surface area contributed by atoms with E-state index in [1.807, 2.05) is 11.1 Å². The van der Waals surface area contributed by atoms with Gasteiger partial charge in [-0.05, 0) is 124 Å². The van der Waals surface area contributed by atoms with Crippen molar-refractivity contribution in [2.45, 2.75) is 119 Å². The molecule has 0 aromatic rings. The first kappa shape index (κ1) is 24.3. The van der Waals surface area contributed by atoms with Gasteiger partial charge in [0, 0.05) is 0 Å². The van der Waals surface area contributed by atoms with Gasteiger partial charge in [0.15, 0.2) is 0 Å². The Hall–Kier alpha value is -0.820. The minimum Gasteiger partial charge on any atom is -0.389 e. The van der Waals surface area contributed by atoms with Gasteiger partial charge < -0.3 is 5.11 Å². The molecule has 4 rings (SSSR count). The topological polar surface area (TPSA) is 20.2 Å². The molecule has 0 unspecified atom stereocenters. The summed E-state index contributed by atoms with van der Waals surface area (Å²) in [6.07, 6.45) is 17.3. The molecule has 0 radical (unpaired) electrons. The van der Waals surface area contributed by atoms with Crippen molar-refractivity contribution in [1.29, 1.82) is 0 Å². The molecule has 0 saturated heterocycles. The molecule has 32 heavy (non-hydrogen) atoms. The maximum atomic E-state index is 10.7. The quantitative estimate of drug-likeness (QED) is 0.426. The second-order valence-electron chi connectivity index (χ2n) is 12.6. The van der Waals surface area contributed by atoms with Gasteiger partial charge >= 0.3 is 0 Å². The number of hydrogen-bond donors (Lipinski definition) is 1. The Labute approximate surface area is 198 Å². The maximum Gasteiger partial charge on any atom is 0.0753 e. The van der Waals surface area contributed by atoms with Crippen LogP contribution in [0.4, 0.5) is 0 Å². The highest BCUT2D eigenvalue weighted by Crippen LogP contribution is 2.66. The van der Waals surface area contributed by atoms with Crippen LogP contribution >= 0.6 is 0 Å². The van der Waals surface area contributed by atoms with Gasteiger partial charge in [-0.2, -0.15) is 0 Å². The largest absolute Gasteiger partial charge is 0.389 e. The van der Waals surface area contributed by atoms with Gasteiger partial charge in [0.25, 0.3) is 0 Å². The molecule has 0 aliphatic heterocycles. The molecule has 0 bridgehead atoms. The summed E-state index contributed by atoms with van der Waals surface area (Å²) >= 11 is 0. The summed E-state index contributed by atoms with van der Waals surface area (Å²) in [5.41, 5.74) is 7.53. The van der Waals surface area contributed by atoms with Gasteiger partial charge in [0.1, 0.15) is 0 Å². The van der Waals surface area contributed by atoms with Crippen LogP contribution in [-0.4, -0.2) is 11.2 Å². The van der Waals surface area contributed by atoms with Crippen molar-refractivity contribution >= 4 is 0 Å². The van der Waals surface area contributed by atoms with Crippen LogP contribution in [0.15, 0.2) is 34.4 Å². The molecule has 1 nitrogen and oxygen atoms in total. The summed E-state index contributed by atoms with van der Waals surface area (Å²) < 4.78 is 0. The molecular formula is C31H50O. The van der Waals surface area contributed by atoms with Crippen LogP contribution in [0.25, 0.3) is 0 Å². The second kappa shape index (κ2) is 9.09. The standard InChI is InChI=1S/C31H50O/c1-8-22(20(3)4)11-10-21(5)25-14-15-27-24-12-13-26-23(9-2)29(32)17-19-31(26,7)28(24)16-18-30(25,27)6/h8-9,20-21,25-27,29,32H,10-19H2,1-7H3/b22-8-,23-9+/t21-,25+,26-,27+,29+,30+,31+/m1/s1. The fourth-order valence-electron chi connectivity index (χ4n) is 9.15. The van der Waals surface area contributed by atoms with E-state index in [1.165, 1.54) is 63.4 Å². The van der Waals surface area contributed by atoms with E-state index in [-0.39, 0.29) is 6.10 Å². The van der Waals surface area contributed by atoms with Gasteiger partial charge in [0.05, 0.1) is 6.10 Å². The van der Waals surface area contributed by atoms with Crippen molar-refractivity contribution in [2.75, 3.05) is 0 Å². The van der Waals surface area contributed by atoms with E-state index >= 15 is 0 Å². The summed E-state index contributed by atoms with van der Waals surface area (Å²) in [5.74, 6) is 3.80. The molecule has 1 N–H and O–H groups in total. The molecular weight excluding hydrogens is 388 g/mol. The molecule has 0 heterocycles. The summed E-state index contributed by atoms with van der Waals surface area (Å²) in [6, 6.07) is 0. The van der Waals surface area contributed by atoms with Gasteiger partial charge in [-0.3, -0.25) is 0 Å². The van der Waals surface area contributed by atoms with E-state index in [2.05, 4.69) is 60.6 Å². The summed E-state index contributed by atoms with van der Waals surface area (Å²) in [4.78, 5) is 0. The van der Waals surface area contributed by atoms with Crippen LogP contribution in [-0.2, 0) is 0 Å². The smallest absolute Gasteiger partial charge is 0.0753 e. The average Bonchev–Trinajstić information content (AvgIpc) is 3.11. The van der Waals surface area contributed by atoms with E-state index in [1.54, 1.807) is 5.57 Å². The van der Waals surface area contributed by atoms with Gasteiger partial charge in [0.2, 0.25) is 0 Å².